The van der Waals surface area contributed by atoms with Gasteiger partial charge in [-0.05, 0) is 56.5 Å². The molecule has 2 saturated heterocycles. The van der Waals surface area contributed by atoms with Crippen LogP contribution in [-0.4, -0.2) is 72.9 Å². The molecule has 0 radical (unpaired) electrons. The van der Waals surface area contributed by atoms with Crippen molar-refractivity contribution in [2.45, 2.75) is 56.4 Å². The fourth-order valence-corrected chi connectivity index (χ4v) is 8.32. The van der Waals surface area contributed by atoms with Crippen molar-refractivity contribution in [2.24, 2.45) is 4.99 Å². The summed E-state index contributed by atoms with van der Waals surface area (Å²) >= 11 is 1.49. The normalized spacial score (nSPS) is 27.5. The Morgan fingerprint density at radius 1 is 1.23 bits per heavy atom. The molecule has 3 heterocycles. The number of fused-ring (bicyclic) bond motifs is 1. The Morgan fingerprint density at radius 2 is 2.03 bits per heavy atom. The third-order valence-corrected chi connectivity index (χ3v) is 9.49. The number of likely N-dealkylation sites (tertiary alicyclic amines) is 1. The van der Waals surface area contributed by atoms with Crippen LogP contribution in [0, 0.1) is 0 Å². The molecule has 3 aliphatic rings. The van der Waals surface area contributed by atoms with E-state index in [1.165, 1.54) is 44.0 Å². The van der Waals surface area contributed by atoms with Gasteiger partial charge < -0.3 is 15.5 Å². The Morgan fingerprint density at radius 3 is 2.77 bits per heavy atom. The Balaban J connectivity index is 1.21. The van der Waals surface area contributed by atoms with Crippen LogP contribution in [0.15, 0.2) is 29.3 Å². The summed E-state index contributed by atoms with van der Waals surface area (Å²) in [4.78, 5) is 19.5. The zero-order valence-corrected chi connectivity index (χ0v) is 19.7. The summed E-state index contributed by atoms with van der Waals surface area (Å²) in [6, 6.07) is 7.91. The first-order valence-corrected chi connectivity index (χ1v) is 14.0. The highest BCUT2D eigenvalue weighted by atomic mass is 32.2. The molecule has 4 rings (SSSR count). The highest BCUT2D eigenvalue weighted by Crippen LogP contribution is 2.34. The zero-order chi connectivity index (χ0) is 21.8. The van der Waals surface area contributed by atoms with E-state index in [1.54, 1.807) is 12.1 Å². The summed E-state index contributed by atoms with van der Waals surface area (Å²) < 4.78 is 23.3. The number of piperidine rings is 1. The summed E-state index contributed by atoms with van der Waals surface area (Å²) in [6.07, 6.45) is 6.10. The van der Waals surface area contributed by atoms with Crippen LogP contribution in [0.2, 0.25) is 0 Å². The zero-order valence-electron chi connectivity index (χ0n) is 18.0. The third-order valence-electron chi connectivity index (χ3n) is 6.34. The van der Waals surface area contributed by atoms with E-state index in [0.717, 1.165) is 23.8 Å². The van der Waals surface area contributed by atoms with E-state index in [4.69, 9.17) is 0 Å². The first kappa shape index (κ1) is 22.6. The third kappa shape index (κ3) is 5.81. The number of amides is 1. The number of anilines is 1. The second kappa shape index (κ2) is 9.92. The molecule has 7 nitrogen and oxygen atoms in total. The first-order chi connectivity index (χ1) is 14.9. The van der Waals surface area contributed by atoms with E-state index in [9.17, 15) is 13.2 Å². The lowest BCUT2D eigenvalue weighted by molar-refractivity contribution is 0.0947. The molecule has 0 aromatic heterocycles. The highest BCUT2D eigenvalue weighted by molar-refractivity contribution is 8.15. The quantitative estimate of drug-likeness (QED) is 0.603. The number of nitrogens with one attached hydrogen (secondary N) is 2. The Hall–Kier alpha value is -1.58. The van der Waals surface area contributed by atoms with E-state index in [2.05, 4.69) is 27.4 Å². The topological polar surface area (TPSA) is 90.9 Å². The number of carbonyl (C=O) groups excluding carboxylic acids is 1. The summed E-state index contributed by atoms with van der Waals surface area (Å²) in [5, 5.41) is 7.05. The van der Waals surface area contributed by atoms with Crippen molar-refractivity contribution in [3.8, 4) is 0 Å². The summed E-state index contributed by atoms with van der Waals surface area (Å²) in [5.41, 5.74) is 1.49. The molecule has 2 fully saturated rings. The summed E-state index contributed by atoms with van der Waals surface area (Å²) in [7, 11) is -2.94. The molecule has 170 valence electrons. The van der Waals surface area contributed by atoms with Gasteiger partial charge in [0.1, 0.15) is 0 Å². The Kier molecular flexibility index (Phi) is 7.23. The molecule has 9 heteroatoms. The number of sulfone groups is 1. The molecular weight excluding hydrogens is 432 g/mol. The van der Waals surface area contributed by atoms with Gasteiger partial charge in [0.05, 0.1) is 17.5 Å². The molecular formula is C22H32N4O3S2. The van der Waals surface area contributed by atoms with Gasteiger partial charge in [0.25, 0.3) is 5.91 Å². The van der Waals surface area contributed by atoms with Crippen LogP contribution in [0.25, 0.3) is 0 Å². The molecule has 0 saturated carbocycles. The van der Waals surface area contributed by atoms with Crippen molar-refractivity contribution in [1.82, 2.24) is 10.2 Å². The molecule has 0 unspecified atom stereocenters. The average molecular weight is 465 g/mol. The van der Waals surface area contributed by atoms with Gasteiger partial charge in [0, 0.05) is 35.6 Å². The Bertz CT molecular complexity index is 917. The molecule has 1 aromatic rings. The number of hydrogen-bond acceptors (Lipinski definition) is 7. The minimum Gasteiger partial charge on any atom is -0.352 e. The maximum absolute atomic E-state index is 12.4. The van der Waals surface area contributed by atoms with Gasteiger partial charge in [-0.3, -0.25) is 9.79 Å². The number of hydrogen-bond donors (Lipinski definition) is 2. The molecule has 0 bridgehead atoms. The number of nitrogens with zero attached hydrogens (tertiary/aromatic N) is 2. The smallest absolute Gasteiger partial charge is 0.251 e. The second-order valence-corrected chi connectivity index (χ2v) is 12.0. The molecule has 1 amide bonds. The number of carbonyl (C=O) groups is 1. The van der Waals surface area contributed by atoms with Crippen LogP contribution >= 0.6 is 11.8 Å². The lowest BCUT2D eigenvalue weighted by Gasteiger charge is -2.35. The van der Waals surface area contributed by atoms with Crippen molar-refractivity contribution < 1.29 is 13.2 Å². The van der Waals surface area contributed by atoms with Crippen LogP contribution in [0.4, 0.5) is 5.69 Å². The van der Waals surface area contributed by atoms with E-state index < -0.39 is 9.84 Å². The van der Waals surface area contributed by atoms with E-state index in [1.807, 2.05) is 12.1 Å². The van der Waals surface area contributed by atoms with Crippen molar-refractivity contribution in [3.63, 3.8) is 0 Å². The standard InChI is InChI=1S/C22H32N4O3S2/c1-2-18-6-3-4-12-26(18)13-5-11-23-21(27)16-7-9-17(10-8-16)24-22-25-19-14-31(28,29)15-20(19)30-22/h7-10,18-20H,2-6,11-15H2,1H3,(H,23,27)(H,24,25)/t18-,19+,20+/m1/s1. The largest absolute Gasteiger partial charge is 0.352 e. The second-order valence-electron chi connectivity index (χ2n) is 8.64. The fraction of sp³-hybridized carbons (Fsp3) is 0.636. The van der Waals surface area contributed by atoms with Gasteiger partial charge in [0.2, 0.25) is 0 Å². The monoisotopic (exact) mass is 464 g/mol. The van der Waals surface area contributed by atoms with Gasteiger partial charge >= 0.3 is 0 Å². The van der Waals surface area contributed by atoms with Gasteiger partial charge in [-0.25, -0.2) is 8.42 Å². The summed E-state index contributed by atoms with van der Waals surface area (Å²) in [5.74, 6) is 0.295. The van der Waals surface area contributed by atoms with Crippen LogP contribution in [0.3, 0.4) is 0 Å². The number of thioether (sulfide) groups is 1. The van der Waals surface area contributed by atoms with Gasteiger partial charge in [-0.15, -0.1) is 0 Å². The van der Waals surface area contributed by atoms with Crippen molar-refractivity contribution in [1.29, 1.82) is 0 Å². The maximum Gasteiger partial charge on any atom is 0.251 e. The van der Waals surface area contributed by atoms with Crippen LogP contribution in [0.1, 0.15) is 49.4 Å². The van der Waals surface area contributed by atoms with Gasteiger partial charge in [-0.2, -0.15) is 0 Å². The van der Waals surface area contributed by atoms with Crippen LogP contribution < -0.4 is 10.6 Å². The van der Waals surface area contributed by atoms with Crippen molar-refractivity contribution in [3.05, 3.63) is 29.8 Å². The number of amidine groups is 1. The molecule has 2 N–H and O–H groups in total. The number of benzene rings is 1. The lowest BCUT2D eigenvalue weighted by Crippen LogP contribution is -2.40. The Labute approximate surface area is 189 Å². The van der Waals surface area contributed by atoms with Gasteiger partial charge in [-0.1, -0.05) is 25.1 Å². The van der Waals surface area contributed by atoms with Crippen molar-refractivity contribution in [2.75, 3.05) is 36.5 Å². The fourth-order valence-electron chi connectivity index (χ4n) is 4.65. The predicted molar refractivity (Wildman–Crippen MR) is 128 cm³/mol. The minimum atomic E-state index is -2.94. The molecule has 3 aliphatic heterocycles. The average Bonchev–Trinajstić information content (AvgIpc) is 3.24. The molecule has 1 aromatic carbocycles. The van der Waals surface area contributed by atoms with Crippen molar-refractivity contribution >= 4 is 38.4 Å². The van der Waals surface area contributed by atoms with Crippen LogP contribution in [0.5, 0.6) is 0 Å². The van der Waals surface area contributed by atoms with Gasteiger partial charge in [0.15, 0.2) is 15.0 Å². The van der Waals surface area contributed by atoms with E-state index in [0.29, 0.717) is 18.2 Å². The molecule has 0 spiro atoms. The predicted octanol–water partition coefficient (Wildman–Crippen LogP) is 2.75. The van der Waals surface area contributed by atoms with E-state index >= 15 is 0 Å². The summed E-state index contributed by atoms with van der Waals surface area (Å²) in [6.45, 7) is 5.18. The number of rotatable bonds is 7. The molecule has 3 atom stereocenters. The van der Waals surface area contributed by atoms with E-state index in [-0.39, 0.29) is 28.7 Å². The first-order valence-electron chi connectivity index (χ1n) is 11.3. The minimum absolute atomic E-state index is 0.0232. The highest BCUT2D eigenvalue weighted by Gasteiger charge is 2.42. The maximum atomic E-state index is 12.4. The lowest BCUT2D eigenvalue weighted by atomic mass is 10.00. The van der Waals surface area contributed by atoms with Crippen LogP contribution in [-0.2, 0) is 9.84 Å². The number of aliphatic imine (C=N–C) groups is 1. The SMILES string of the molecule is CC[C@@H]1CCCCN1CCCNC(=O)c1ccc(NC2=N[C@H]3CS(=O)(=O)C[C@@H]3S2)cc1. The molecule has 31 heavy (non-hydrogen) atoms. The molecule has 0 aliphatic carbocycles.